The zero-order valence-corrected chi connectivity index (χ0v) is 16.7. The number of rotatable bonds is 6. The van der Waals surface area contributed by atoms with Crippen molar-refractivity contribution >= 4 is 21.5 Å². The Kier molecular flexibility index (Phi) is 5.27. The molecule has 28 heavy (non-hydrogen) atoms. The van der Waals surface area contributed by atoms with E-state index in [1.165, 1.54) is 19.3 Å². The molecule has 0 amide bonds. The van der Waals surface area contributed by atoms with Crippen LogP contribution in [0.2, 0.25) is 0 Å². The van der Waals surface area contributed by atoms with Gasteiger partial charge in [-0.05, 0) is 56.0 Å². The van der Waals surface area contributed by atoms with Crippen LogP contribution in [-0.2, 0) is 16.4 Å². The number of aromatic nitrogens is 4. The molecule has 0 saturated carbocycles. The Morgan fingerprint density at radius 2 is 1.89 bits per heavy atom. The van der Waals surface area contributed by atoms with Crippen LogP contribution in [0.1, 0.15) is 30.7 Å². The largest absolute Gasteiger partial charge is 0.355 e. The summed E-state index contributed by atoms with van der Waals surface area (Å²) in [6, 6.07) is 10.7. The van der Waals surface area contributed by atoms with Crippen molar-refractivity contribution in [2.24, 2.45) is 0 Å². The lowest BCUT2D eigenvalue weighted by Crippen LogP contribution is -2.30. The molecule has 1 aliphatic heterocycles. The lowest BCUT2D eigenvalue weighted by Gasteiger charge is -2.27. The fourth-order valence-corrected chi connectivity index (χ4v) is 4.57. The third kappa shape index (κ3) is 4.00. The molecule has 0 spiro atoms. The summed E-state index contributed by atoms with van der Waals surface area (Å²) in [7, 11) is -3.55. The van der Waals surface area contributed by atoms with Crippen molar-refractivity contribution in [2.75, 3.05) is 24.5 Å². The van der Waals surface area contributed by atoms with Gasteiger partial charge in [0, 0.05) is 26.1 Å². The minimum absolute atomic E-state index is 0.229. The van der Waals surface area contributed by atoms with Gasteiger partial charge in [-0.15, -0.1) is 15.3 Å². The Bertz CT molecular complexity index is 1070. The Labute approximate surface area is 164 Å². The first-order chi connectivity index (χ1) is 13.5. The maximum Gasteiger partial charge on any atom is 0.240 e. The second-order valence-electron chi connectivity index (χ2n) is 7.09. The molecule has 148 valence electrons. The molecule has 4 rings (SSSR count). The predicted octanol–water partition coefficient (Wildman–Crippen LogP) is 1.94. The summed E-state index contributed by atoms with van der Waals surface area (Å²) in [6.07, 6.45) is 4.02. The molecule has 1 N–H and O–H groups in total. The molecule has 3 heterocycles. The Balaban J connectivity index is 1.47. The Morgan fingerprint density at radius 1 is 1.07 bits per heavy atom. The van der Waals surface area contributed by atoms with Crippen LogP contribution >= 0.6 is 0 Å². The molecule has 3 aromatic rings. The van der Waals surface area contributed by atoms with E-state index in [9.17, 15) is 8.42 Å². The first-order valence-electron chi connectivity index (χ1n) is 9.55. The van der Waals surface area contributed by atoms with Gasteiger partial charge in [0.1, 0.15) is 5.82 Å². The van der Waals surface area contributed by atoms with E-state index in [0.29, 0.717) is 17.9 Å². The standard InChI is InChI=1S/C19H24N6O2S/c1-15-6-5-7-16(14-15)28(26,27)20-11-10-18-22-21-17-8-9-19(23-25(17)18)24-12-3-2-4-13-24/h5-9,14,20H,2-4,10-13H2,1H3. The van der Waals surface area contributed by atoms with Crippen LogP contribution < -0.4 is 9.62 Å². The van der Waals surface area contributed by atoms with Gasteiger partial charge in [-0.1, -0.05) is 12.1 Å². The highest BCUT2D eigenvalue weighted by atomic mass is 32.2. The number of piperidine rings is 1. The van der Waals surface area contributed by atoms with E-state index < -0.39 is 10.0 Å². The molecule has 1 aliphatic rings. The third-order valence-corrected chi connectivity index (χ3v) is 6.39. The third-order valence-electron chi connectivity index (χ3n) is 4.93. The topological polar surface area (TPSA) is 92.5 Å². The number of hydrogen-bond acceptors (Lipinski definition) is 6. The van der Waals surface area contributed by atoms with Crippen LogP contribution in [0.15, 0.2) is 41.3 Å². The highest BCUT2D eigenvalue weighted by molar-refractivity contribution is 7.89. The fourth-order valence-electron chi connectivity index (χ4n) is 3.43. The van der Waals surface area contributed by atoms with Gasteiger partial charge in [0.15, 0.2) is 11.5 Å². The molecule has 1 fully saturated rings. The summed E-state index contributed by atoms with van der Waals surface area (Å²) in [5, 5.41) is 13.0. The van der Waals surface area contributed by atoms with Crippen LogP contribution in [0.4, 0.5) is 5.82 Å². The maximum absolute atomic E-state index is 12.5. The van der Waals surface area contributed by atoms with Gasteiger partial charge in [-0.25, -0.2) is 13.1 Å². The van der Waals surface area contributed by atoms with Crippen molar-refractivity contribution in [1.82, 2.24) is 24.5 Å². The van der Waals surface area contributed by atoms with E-state index in [0.717, 1.165) is 24.5 Å². The monoisotopic (exact) mass is 400 g/mol. The average molecular weight is 401 g/mol. The predicted molar refractivity (Wildman–Crippen MR) is 107 cm³/mol. The number of nitrogens with zero attached hydrogens (tertiary/aromatic N) is 5. The van der Waals surface area contributed by atoms with Crippen molar-refractivity contribution in [3.05, 3.63) is 47.8 Å². The summed E-state index contributed by atoms with van der Waals surface area (Å²) in [5.41, 5.74) is 1.57. The molecule has 1 saturated heterocycles. The molecule has 0 bridgehead atoms. The van der Waals surface area contributed by atoms with Gasteiger partial charge >= 0.3 is 0 Å². The van der Waals surface area contributed by atoms with Crippen LogP contribution in [-0.4, -0.2) is 47.9 Å². The zero-order valence-electron chi connectivity index (χ0n) is 15.9. The number of fused-ring (bicyclic) bond motifs is 1. The summed E-state index contributed by atoms with van der Waals surface area (Å²) in [5.74, 6) is 1.55. The van der Waals surface area contributed by atoms with Gasteiger partial charge in [-0.3, -0.25) is 0 Å². The molecule has 0 aliphatic carbocycles. The number of benzene rings is 1. The minimum atomic E-state index is -3.55. The molecular weight excluding hydrogens is 376 g/mol. The molecular formula is C19H24N6O2S. The Hall–Kier alpha value is -2.52. The van der Waals surface area contributed by atoms with Crippen LogP contribution in [0.5, 0.6) is 0 Å². The van der Waals surface area contributed by atoms with E-state index in [1.807, 2.05) is 25.1 Å². The summed E-state index contributed by atoms with van der Waals surface area (Å²) in [6.45, 7) is 4.11. The molecule has 0 radical (unpaired) electrons. The lowest BCUT2D eigenvalue weighted by atomic mass is 10.1. The van der Waals surface area contributed by atoms with Gasteiger partial charge in [0.2, 0.25) is 10.0 Å². The fraction of sp³-hybridized carbons (Fsp3) is 0.421. The number of sulfonamides is 1. The SMILES string of the molecule is Cc1cccc(S(=O)(=O)NCCc2nnc3ccc(N4CCCCC4)nn23)c1. The van der Waals surface area contributed by atoms with Gasteiger partial charge in [0.25, 0.3) is 0 Å². The van der Waals surface area contributed by atoms with E-state index in [-0.39, 0.29) is 11.4 Å². The molecule has 9 heteroatoms. The van der Waals surface area contributed by atoms with E-state index in [1.54, 1.807) is 22.7 Å². The van der Waals surface area contributed by atoms with Crippen molar-refractivity contribution in [1.29, 1.82) is 0 Å². The first kappa shape index (κ1) is 18.8. The minimum Gasteiger partial charge on any atom is -0.355 e. The lowest BCUT2D eigenvalue weighted by molar-refractivity contribution is 0.568. The second-order valence-corrected chi connectivity index (χ2v) is 8.86. The summed E-state index contributed by atoms with van der Waals surface area (Å²) >= 11 is 0. The smallest absolute Gasteiger partial charge is 0.240 e. The van der Waals surface area contributed by atoms with Crippen molar-refractivity contribution < 1.29 is 8.42 Å². The molecule has 2 aromatic heterocycles. The number of nitrogens with one attached hydrogen (secondary N) is 1. The van der Waals surface area contributed by atoms with Gasteiger partial charge < -0.3 is 4.90 Å². The molecule has 0 atom stereocenters. The Morgan fingerprint density at radius 3 is 2.68 bits per heavy atom. The van der Waals surface area contributed by atoms with Crippen molar-refractivity contribution in [3.8, 4) is 0 Å². The molecule has 8 nitrogen and oxygen atoms in total. The number of aryl methyl sites for hydroxylation is 1. The zero-order chi connectivity index (χ0) is 19.6. The van der Waals surface area contributed by atoms with Crippen molar-refractivity contribution in [2.45, 2.75) is 37.5 Å². The van der Waals surface area contributed by atoms with E-state index in [2.05, 4.69) is 24.9 Å². The first-order valence-corrected chi connectivity index (χ1v) is 11.0. The van der Waals surface area contributed by atoms with Gasteiger partial charge in [-0.2, -0.15) is 4.52 Å². The van der Waals surface area contributed by atoms with Crippen LogP contribution in [0.3, 0.4) is 0 Å². The maximum atomic E-state index is 12.5. The number of anilines is 1. The molecule has 0 unspecified atom stereocenters. The van der Waals surface area contributed by atoms with Crippen molar-refractivity contribution in [3.63, 3.8) is 0 Å². The quantitative estimate of drug-likeness (QED) is 0.680. The highest BCUT2D eigenvalue weighted by Crippen LogP contribution is 2.18. The normalized spacial score (nSPS) is 15.2. The highest BCUT2D eigenvalue weighted by Gasteiger charge is 2.16. The van der Waals surface area contributed by atoms with Crippen LogP contribution in [0.25, 0.3) is 5.65 Å². The summed E-state index contributed by atoms with van der Waals surface area (Å²) in [4.78, 5) is 2.54. The van der Waals surface area contributed by atoms with Crippen LogP contribution in [0, 0.1) is 6.92 Å². The summed E-state index contributed by atoms with van der Waals surface area (Å²) < 4.78 is 29.3. The van der Waals surface area contributed by atoms with E-state index >= 15 is 0 Å². The molecule has 1 aromatic carbocycles. The number of hydrogen-bond donors (Lipinski definition) is 1. The van der Waals surface area contributed by atoms with Gasteiger partial charge in [0.05, 0.1) is 4.90 Å². The average Bonchev–Trinajstić information content (AvgIpc) is 3.11. The van der Waals surface area contributed by atoms with E-state index in [4.69, 9.17) is 0 Å². The second kappa shape index (κ2) is 7.84.